The summed E-state index contributed by atoms with van der Waals surface area (Å²) in [6.45, 7) is 6.61. The van der Waals surface area contributed by atoms with Crippen LogP contribution in [0.2, 0.25) is 0 Å². The van der Waals surface area contributed by atoms with Gasteiger partial charge in [0.05, 0.1) is 6.04 Å². The zero-order valence-corrected chi connectivity index (χ0v) is 13.6. The van der Waals surface area contributed by atoms with Crippen LogP contribution in [0.5, 0.6) is 0 Å². The molecule has 4 nitrogen and oxygen atoms in total. The van der Waals surface area contributed by atoms with E-state index < -0.39 is 6.09 Å². The fourth-order valence-electron chi connectivity index (χ4n) is 3.70. The third-order valence-corrected chi connectivity index (χ3v) is 5.07. The maximum Gasteiger partial charge on any atom is 0.408 e. The third-order valence-electron chi connectivity index (χ3n) is 5.07. The van der Waals surface area contributed by atoms with E-state index in [2.05, 4.69) is 26.1 Å². The molecule has 0 heterocycles. The average molecular weight is 295 g/mol. The summed E-state index contributed by atoms with van der Waals surface area (Å²) >= 11 is 0. The first-order valence-corrected chi connectivity index (χ1v) is 8.47. The zero-order valence-electron chi connectivity index (χ0n) is 13.6. The Hall–Kier alpha value is -1.06. The van der Waals surface area contributed by atoms with Crippen molar-refractivity contribution in [3.8, 4) is 0 Å². The molecular formula is C17H29NO3. The molecule has 2 saturated carbocycles. The Labute approximate surface area is 128 Å². The summed E-state index contributed by atoms with van der Waals surface area (Å²) < 4.78 is 5.68. The largest absolute Gasteiger partial charge is 0.446 e. The number of carbonyl (C=O) groups is 2. The first kappa shape index (κ1) is 16.3. The van der Waals surface area contributed by atoms with E-state index >= 15 is 0 Å². The molecule has 0 bridgehead atoms. The van der Waals surface area contributed by atoms with Crippen molar-refractivity contribution in [3.63, 3.8) is 0 Å². The highest BCUT2D eigenvalue weighted by atomic mass is 16.6. The Morgan fingerprint density at radius 3 is 2.67 bits per heavy atom. The molecule has 0 aromatic rings. The highest BCUT2D eigenvalue weighted by molar-refractivity contribution is 5.87. The molecule has 1 N–H and O–H groups in total. The Kier molecular flexibility index (Phi) is 5.65. The molecule has 21 heavy (non-hydrogen) atoms. The molecule has 0 aromatic heterocycles. The highest BCUT2D eigenvalue weighted by Crippen LogP contribution is 2.35. The quantitative estimate of drug-likeness (QED) is 0.864. The van der Waals surface area contributed by atoms with Gasteiger partial charge in [-0.25, -0.2) is 4.79 Å². The van der Waals surface area contributed by atoms with Crippen molar-refractivity contribution < 1.29 is 14.3 Å². The van der Waals surface area contributed by atoms with Gasteiger partial charge in [-0.1, -0.05) is 33.6 Å². The van der Waals surface area contributed by atoms with E-state index in [0.717, 1.165) is 32.1 Å². The minimum absolute atomic E-state index is 0.00700. The highest BCUT2D eigenvalue weighted by Gasteiger charge is 2.34. The summed E-state index contributed by atoms with van der Waals surface area (Å²) in [5.41, 5.74) is 0. The standard InChI is InChI=1S/C17H29NO3/c1-11(2)13-9-8-12(3)10-16(13)21-17(20)18-14-6-4-5-7-15(14)19/h11-14,16H,4-10H2,1-3H3,(H,18,20)/t12-,13+,14-,16-/m1/s1. The van der Waals surface area contributed by atoms with Crippen LogP contribution in [0.3, 0.4) is 0 Å². The number of hydrogen-bond acceptors (Lipinski definition) is 3. The summed E-state index contributed by atoms with van der Waals surface area (Å²) in [4.78, 5) is 23.9. The van der Waals surface area contributed by atoms with Gasteiger partial charge in [0.25, 0.3) is 0 Å². The average Bonchev–Trinajstić information content (AvgIpc) is 2.41. The van der Waals surface area contributed by atoms with E-state index in [4.69, 9.17) is 4.74 Å². The van der Waals surface area contributed by atoms with Crippen molar-refractivity contribution >= 4 is 11.9 Å². The van der Waals surface area contributed by atoms with Crippen molar-refractivity contribution in [1.82, 2.24) is 5.32 Å². The Balaban J connectivity index is 1.88. The van der Waals surface area contributed by atoms with E-state index in [1.54, 1.807) is 0 Å². The molecule has 2 rings (SSSR count). The molecule has 0 unspecified atom stereocenters. The van der Waals surface area contributed by atoms with Crippen LogP contribution < -0.4 is 5.32 Å². The summed E-state index contributed by atoms with van der Waals surface area (Å²) in [5, 5.41) is 2.78. The summed E-state index contributed by atoms with van der Waals surface area (Å²) in [7, 11) is 0. The lowest BCUT2D eigenvalue weighted by Gasteiger charge is -2.37. The van der Waals surface area contributed by atoms with Crippen LogP contribution in [0.25, 0.3) is 0 Å². The molecule has 1 amide bonds. The first-order valence-electron chi connectivity index (χ1n) is 8.47. The number of amides is 1. The fourth-order valence-corrected chi connectivity index (χ4v) is 3.70. The Bertz CT molecular complexity index is 380. The van der Waals surface area contributed by atoms with Gasteiger partial charge in [0, 0.05) is 6.42 Å². The number of carbonyl (C=O) groups excluding carboxylic acids is 2. The molecule has 0 spiro atoms. The molecule has 0 aliphatic heterocycles. The molecule has 2 fully saturated rings. The van der Waals surface area contributed by atoms with E-state index in [-0.39, 0.29) is 17.9 Å². The SMILES string of the molecule is CC(C)[C@@H]1CC[C@@H](C)C[C@H]1OC(=O)N[C@@H]1CCCCC1=O. The van der Waals surface area contributed by atoms with Gasteiger partial charge in [0.15, 0.2) is 5.78 Å². The van der Waals surface area contributed by atoms with Crippen molar-refractivity contribution in [1.29, 1.82) is 0 Å². The second-order valence-electron chi connectivity index (χ2n) is 7.18. The predicted molar refractivity (Wildman–Crippen MR) is 82.0 cm³/mol. The summed E-state index contributed by atoms with van der Waals surface area (Å²) in [6, 6.07) is -0.329. The molecule has 120 valence electrons. The number of alkyl carbamates (subject to hydrolysis) is 1. The lowest BCUT2D eigenvalue weighted by Crippen LogP contribution is -2.45. The van der Waals surface area contributed by atoms with Gasteiger partial charge in [-0.05, 0) is 43.4 Å². The van der Waals surface area contributed by atoms with Gasteiger partial charge in [-0.2, -0.15) is 0 Å². The van der Waals surface area contributed by atoms with Gasteiger partial charge < -0.3 is 10.1 Å². The van der Waals surface area contributed by atoms with E-state index in [0.29, 0.717) is 24.2 Å². The second kappa shape index (κ2) is 7.28. The van der Waals surface area contributed by atoms with Crippen molar-refractivity contribution in [3.05, 3.63) is 0 Å². The van der Waals surface area contributed by atoms with Crippen LogP contribution in [-0.4, -0.2) is 24.0 Å². The number of ether oxygens (including phenoxy) is 1. The number of rotatable bonds is 3. The lowest BCUT2D eigenvalue weighted by molar-refractivity contribution is -0.122. The molecule has 4 heteroatoms. The van der Waals surface area contributed by atoms with Crippen LogP contribution in [0.15, 0.2) is 0 Å². The van der Waals surface area contributed by atoms with Crippen molar-refractivity contribution in [2.45, 2.75) is 77.9 Å². The minimum Gasteiger partial charge on any atom is -0.446 e. The topological polar surface area (TPSA) is 55.4 Å². The van der Waals surface area contributed by atoms with Gasteiger partial charge in [0.1, 0.15) is 6.10 Å². The van der Waals surface area contributed by atoms with E-state index in [1.165, 1.54) is 6.42 Å². The van der Waals surface area contributed by atoms with Crippen LogP contribution in [-0.2, 0) is 9.53 Å². The molecule has 0 radical (unpaired) electrons. The van der Waals surface area contributed by atoms with Crippen molar-refractivity contribution in [2.24, 2.45) is 17.8 Å². The molecule has 0 aromatic carbocycles. The van der Waals surface area contributed by atoms with Gasteiger partial charge in [-0.15, -0.1) is 0 Å². The maximum atomic E-state index is 12.1. The minimum atomic E-state index is -0.403. The number of nitrogens with one attached hydrogen (secondary N) is 1. The molecule has 2 aliphatic rings. The molecular weight excluding hydrogens is 266 g/mol. The van der Waals surface area contributed by atoms with Gasteiger partial charge in [-0.3, -0.25) is 4.79 Å². The molecule has 2 aliphatic carbocycles. The summed E-state index contributed by atoms with van der Waals surface area (Å²) in [6.07, 6.45) is 6.16. The van der Waals surface area contributed by atoms with Crippen LogP contribution >= 0.6 is 0 Å². The van der Waals surface area contributed by atoms with E-state index in [1.807, 2.05) is 0 Å². The first-order chi connectivity index (χ1) is 9.97. The predicted octanol–water partition coefficient (Wildman–Crippen LogP) is 3.69. The normalized spacial score (nSPS) is 33.8. The third kappa shape index (κ3) is 4.45. The molecule has 4 atom stereocenters. The second-order valence-corrected chi connectivity index (χ2v) is 7.18. The van der Waals surface area contributed by atoms with Crippen LogP contribution in [0.4, 0.5) is 4.79 Å². The van der Waals surface area contributed by atoms with Gasteiger partial charge in [0.2, 0.25) is 0 Å². The maximum absolute atomic E-state index is 12.1. The van der Waals surface area contributed by atoms with Crippen molar-refractivity contribution in [2.75, 3.05) is 0 Å². The summed E-state index contributed by atoms with van der Waals surface area (Å²) in [5.74, 6) is 1.71. The number of hydrogen-bond donors (Lipinski definition) is 1. The Morgan fingerprint density at radius 1 is 1.24 bits per heavy atom. The van der Waals surface area contributed by atoms with Crippen LogP contribution in [0, 0.1) is 17.8 Å². The lowest BCUT2D eigenvalue weighted by atomic mass is 9.75. The zero-order chi connectivity index (χ0) is 15.4. The fraction of sp³-hybridized carbons (Fsp3) is 0.882. The van der Waals surface area contributed by atoms with Gasteiger partial charge >= 0.3 is 6.09 Å². The molecule has 0 saturated heterocycles. The Morgan fingerprint density at radius 2 is 2.00 bits per heavy atom. The number of Topliss-reactive ketones (excluding diaryl/α,β-unsaturated/α-hetero) is 1. The smallest absolute Gasteiger partial charge is 0.408 e. The number of ketones is 1. The van der Waals surface area contributed by atoms with E-state index in [9.17, 15) is 9.59 Å². The monoisotopic (exact) mass is 295 g/mol. The van der Waals surface area contributed by atoms with Crippen LogP contribution in [0.1, 0.15) is 65.7 Å².